The first-order valence-corrected chi connectivity index (χ1v) is 2.89. The summed E-state index contributed by atoms with van der Waals surface area (Å²) < 4.78 is 4.54. The Hall–Kier alpha value is -1.76. The van der Waals surface area contributed by atoms with Crippen molar-refractivity contribution >= 4 is 0 Å². The minimum atomic E-state index is -0.801. The van der Waals surface area contributed by atoms with E-state index in [1.54, 1.807) is 0 Å². The molecule has 0 aliphatic rings. The lowest BCUT2D eigenvalue weighted by Crippen LogP contribution is -2.04. The Kier molecular flexibility index (Phi) is 1.65. The van der Waals surface area contributed by atoms with E-state index in [2.05, 4.69) is 4.42 Å². The van der Waals surface area contributed by atoms with Gasteiger partial charge in [-0.25, -0.2) is 4.79 Å². The highest BCUT2D eigenvalue weighted by molar-refractivity contribution is 5.39. The van der Waals surface area contributed by atoms with E-state index in [9.17, 15) is 4.79 Å². The minimum absolute atomic E-state index is 0.284. The van der Waals surface area contributed by atoms with E-state index in [1.165, 1.54) is 19.1 Å². The maximum Gasteiger partial charge on any atom is 0.357 e. The molecule has 0 spiro atoms. The van der Waals surface area contributed by atoms with E-state index in [0.717, 1.165) is 0 Å². The first-order chi connectivity index (χ1) is 5.15. The molecule has 0 bridgehead atoms. The molecule has 4 nitrogen and oxygen atoms in total. The molecule has 0 aromatic carbocycles. The fourth-order valence-electron chi connectivity index (χ4n) is 0.699. The van der Waals surface area contributed by atoms with Crippen molar-refractivity contribution in [1.82, 2.24) is 0 Å². The van der Waals surface area contributed by atoms with E-state index in [-0.39, 0.29) is 17.1 Å². The molecule has 0 radical (unpaired) electrons. The fraction of sp³-hybridized carbons (Fsp3) is 0.143. The second-order valence-electron chi connectivity index (χ2n) is 2.02. The van der Waals surface area contributed by atoms with Crippen molar-refractivity contribution in [2.75, 3.05) is 0 Å². The average molecular weight is 151 g/mol. The Bertz CT molecular complexity index is 372. The van der Waals surface area contributed by atoms with E-state index in [0.29, 0.717) is 0 Å². The molecule has 0 amide bonds. The van der Waals surface area contributed by atoms with Gasteiger partial charge in [0.1, 0.15) is 17.6 Å². The van der Waals surface area contributed by atoms with Crippen LogP contribution in [-0.4, -0.2) is 5.11 Å². The molecular weight excluding hydrogens is 146 g/mol. The first kappa shape index (κ1) is 7.35. The quantitative estimate of drug-likeness (QED) is 0.586. The second-order valence-corrected chi connectivity index (χ2v) is 2.02. The third-order valence-corrected chi connectivity index (χ3v) is 1.17. The lowest BCUT2D eigenvalue weighted by molar-refractivity contribution is 0.431. The van der Waals surface area contributed by atoms with E-state index in [4.69, 9.17) is 10.4 Å². The van der Waals surface area contributed by atoms with Gasteiger partial charge in [-0.1, -0.05) is 0 Å². The van der Waals surface area contributed by atoms with E-state index < -0.39 is 5.63 Å². The Labute approximate surface area is 62.3 Å². The van der Waals surface area contributed by atoms with E-state index in [1.807, 2.05) is 0 Å². The molecular formula is C7H5NO3. The highest BCUT2D eigenvalue weighted by atomic mass is 16.4. The molecule has 0 saturated carbocycles. The van der Waals surface area contributed by atoms with Crippen molar-refractivity contribution in [3.63, 3.8) is 0 Å². The normalized spacial score (nSPS) is 9.09. The van der Waals surface area contributed by atoms with Crippen LogP contribution in [0.5, 0.6) is 5.75 Å². The number of hydrogen-bond acceptors (Lipinski definition) is 4. The minimum Gasteiger partial charge on any atom is -0.506 e. The lowest BCUT2D eigenvalue weighted by Gasteiger charge is -1.93. The van der Waals surface area contributed by atoms with Crippen LogP contribution >= 0.6 is 0 Å². The zero-order valence-corrected chi connectivity index (χ0v) is 5.79. The predicted molar refractivity (Wildman–Crippen MR) is 36.1 cm³/mol. The summed E-state index contributed by atoms with van der Waals surface area (Å²) in [7, 11) is 0. The maximum atomic E-state index is 10.7. The summed E-state index contributed by atoms with van der Waals surface area (Å²) in [5.74, 6) is -0.0484. The van der Waals surface area contributed by atoms with Gasteiger partial charge in [-0.15, -0.1) is 0 Å². The van der Waals surface area contributed by atoms with Crippen LogP contribution in [0, 0.1) is 18.3 Å². The predicted octanol–water partition coefficient (Wildman–Crippen LogP) is 0.525. The Morgan fingerprint density at radius 3 is 2.82 bits per heavy atom. The van der Waals surface area contributed by atoms with Gasteiger partial charge in [0.25, 0.3) is 0 Å². The lowest BCUT2D eigenvalue weighted by atomic mass is 10.3. The number of rotatable bonds is 0. The summed E-state index contributed by atoms with van der Waals surface area (Å²) in [4.78, 5) is 10.7. The zero-order chi connectivity index (χ0) is 8.43. The number of aryl methyl sites for hydroxylation is 1. The fourth-order valence-corrected chi connectivity index (χ4v) is 0.699. The average Bonchev–Trinajstić information content (AvgIpc) is 1.85. The molecule has 11 heavy (non-hydrogen) atoms. The topological polar surface area (TPSA) is 74.2 Å². The molecule has 0 atom stereocenters. The SMILES string of the molecule is Cc1cc(O)c(C#N)c(=O)o1. The molecule has 0 unspecified atom stereocenters. The van der Waals surface area contributed by atoms with Crippen LogP contribution in [0.3, 0.4) is 0 Å². The number of aromatic hydroxyl groups is 1. The summed E-state index contributed by atoms with van der Waals surface area (Å²) in [6.07, 6.45) is 0. The number of nitriles is 1. The highest BCUT2D eigenvalue weighted by Crippen LogP contribution is 2.12. The standard InChI is InChI=1S/C7H5NO3/c1-4-2-6(9)5(3-8)7(10)11-4/h2,9H,1H3. The smallest absolute Gasteiger partial charge is 0.357 e. The highest BCUT2D eigenvalue weighted by Gasteiger charge is 2.07. The molecule has 56 valence electrons. The number of nitrogens with zero attached hydrogens (tertiary/aromatic N) is 1. The third kappa shape index (κ3) is 1.22. The zero-order valence-electron chi connectivity index (χ0n) is 5.79. The molecule has 1 aromatic heterocycles. The molecule has 0 fully saturated rings. The molecule has 4 heteroatoms. The molecule has 1 N–H and O–H groups in total. The molecule has 1 rings (SSSR count). The van der Waals surface area contributed by atoms with Crippen LogP contribution in [0.2, 0.25) is 0 Å². The van der Waals surface area contributed by atoms with Crippen LogP contribution < -0.4 is 5.63 Å². The van der Waals surface area contributed by atoms with Gasteiger partial charge in [-0.3, -0.25) is 0 Å². The largest absolute Gasteiger partial charge is 0.506 e. The molecule has 0 saturated heterocycles. The summed E-state index contributed by atoms with van der Waals surface area (Å²) in [6, 6.07) is 2.76. The van der Waals surface area contributed by atoms with Crippen LogP contribution in [0.4, 0.5) is 0 Å². The summed E-state index contributed by atoms with van der Waals surface area (Å²) >= 11 is 0. The summed E-state index contributed by atoms with van der Waals surface area (Å²) in [5.41, 5.74) is -1.15. The Morgan fingerprint density at radius 1 is 1.73 bits per heavy atom. The van der Waals surface area contributed by atoms with Crippen molar-refractivity contribution in [3.8, 4) is 11.8 Å². The van der Waals surface area contributed by atoms with Crippen LogP contribution in [0.15, 0.2) is 15.3 Å². The monoisotopic (exact) mass is 151 g/mol. The van der Waals surface area contributed by atoms with Crippen molar-refractivity contribution in [3.05, 3.63) is 27.8 Å². The summed E-state index contributed by atoms with van der Waals surface area (Å²) in [6.45, 7) is 1.52. The van der Waals surface area contributed by atoms with Crippen molar-refractivity contribution in [2.24, 2.45) is 0 Å². The molecule has 0 aliphatic carbocycles. The van der Waals surface area contributed by atoms with Gasteiger partial charge in [0.15, 0.2) is 5.56 Å². The number of hydrogen-bond donors (Lipinski definition) is 1. The van der Waals surface area contributed by atoms with Crippen LogP contribution in [0.1, 0.15) is 11.3 Å². The third-order valence-electron chi connectivity index (χ3n) is 1.17. The van der Waals surface area contributed by atoms with Gasteiger partial charge in [-0.2, -0.15) is 5.26 Å². The Balaban J connectivity index is 3.53. The second kappa shape index (κ2) is 2.46. The molecule has 0 aliphatic heterocycles. The van der Waals surface area contributed by atoms with Gasteiger partial charge in [0.05, 0.1) is 0 Å². The Morgan fingerprint density at radius 2 is 2.36 bits per heavy atom. The summed E-state index contributed by atoms with van der Waals surface area (Å²) in [5, 5.41) is 17.3. The van der Waals surface area contributed by atoms with Gasteiger partial charge < -0.3 is 9.52 Å². The van der Waals surface area contributed by atoms with Crippen LogP contribution in [-0.2, 0) is 0 Å². The van der Waals surface area contributed by atoms with Crippen LogP contribution in [0.25, 0.3) is 0 Å². The van der Waals surface area contributed by atoms with Crippen molar-refractivity contribution in [1.29, 1.82) is 5.26 Å². The van der Waals surface area contributed by atoms with Gasteiger partial charge in [0.2, 0.25) is 0 Å². The van der Waals surface area contributed by atoms with Crippen molar-refractivity contribution in [2.45, 2.75) is 6.92 Å². The van der Waals surface area contributed by atoms with Crippen molar-refractivity contribution < 1.29 is 9.52 Å². The first-order valence-electron chi connectivity index (χ1n) is 2.89. The van der Waals surface area contributed by atoms with Gasteiger partial charge >= 0.3 is 5.63 Å². The molecule has 1 heterocycles. The van der Waals surface area contributed by atoms with Gasteiger partial charge in [0, 0.05) is 6.07 Å². The maximum absolute atomic E-state index is 10.7. The van der Waals surface area contributed by atoms with Gasteiger partial charge in [-0.05, 0) is 6.92 Å². The molecule has 1 aromatic rings. The van der Waals surface area contributed by atoms with E-state index >= 15 is 0 Å².